The van der Waals surface area contributed by atoms with Crippen molar-refractivity contribution in [1.29, 1.82) is 0 Å². The van der Waals surface area contributed by atoms with Crippen LogP contribution in [-0.2, 0) is 14.3 Å². The second-order valence-corrected chi connectivity index (χ2v) is 5.12. The van der Waals surface area contributed by atoms with Crippen molar-refractivity contribution < 1.29 is 14.3 Å². The minimum absolute atomic E-state index is 0.0323. The highest BCUT2D eigenvalue weighted by Crippen LogP contribution is 2.28. The number of carbonyl (C=O) groups excluding carboxylic acids is 1. The maximum Gasteiger partial charge on any atom is 0.222 e. The lowest BCUT2D eigenvalue weighted by molar-refractivity contribution is -0.124. The third-order valence-corrected chi connectivity index (χ3v) is 3.26. The topological polar surface area (TPSA) is 59.6 Å². The van der Waals surface area contributed by atoms with Crippen molar-refractivity contribution in [3.05, 3.63) is 0 Å². The molecule has 2 aliphatic rings. The normalized spacial score (nSPS) is 23.9. The molecule has 5 nitrogen and oxygen atoms in total. The number of nitrogens with one attached hydrogen (secondary N) is 2. The molecular weight excluding hydrogens is 232 g/mol. The number of rotatable bonds is 8. The summed E-state index contributed by atoms with van der Waals surface area (Å²) in [5.41, 5.74) is 0. The molecule has 1 atom stereocenters. The number of hydrogen-bond donors (Lipinski definition) is 2. The predicted octanol–water partition coefficient (Wildman–Crippen LogP) is 0.298. The molecule has 2 N–H and O–H groups in total. The molecule has 0 aromatic heterocycles. The lowest BCUT2D eigenvalue weighted by atomic mass is 10.2. The van der Waals surface area contributed by atoms with E-state index in [9.17, 15) is 4.79 Å². The van der Waals surface area contributed by atoms with E-state index in [2.05, 4.69) is 10.6 Å². The first-order valence-corrected chi connectivity index (χ1v) is 7.01. The minimum atomic E-state index is 0.0323. The van der Waals surface area contributed by atoms with Crippen molar-refractivity contribution in [1.82, 2.24) is 10.6 Å². The third-order valence-electron chi connectivity index (χ3n) is 3.26. The Morgan fingerprint density at radius 3 is 3.06 bits per heavy atom. The Morgan fingerprint density at radius 1 is 1.44 bits per heavy atom. The summed E-state index contributed by atoms with van der Waals surface area (Å²) in [6.45, 7) is 4.71. The van der Waals surface area contributed by atoms with Crippen molar-refractivity contribution >= 4 is 5.91 Å². The van der Waals surface area contributed by atoms with Gasteiger partial charge in [-0.15, -0.1) is 0 Å². The summed E-state index contributed by atoms with van der Waals surface area (Å²) in [4.78, 5) is 11.6. The van der Waals surface area contributed by atoms with Crippen molar-refractivity contribution in [2.75, 3.05) is 39.5 Å². The molecule has 0 radical (unpaired) electrons. The van der Waals surface area contributed by atoms with Crippen molar-refractivity contribution in [3.63, 3.8) is 0 Å². The van der Waals surface area contributed by atoms with Crippen LogP contribution in [0.2, 0.25) is 0 Å². The fourth-order valence-electron chi connectivity index (χ4n) is 1.97. The summed E-state index contributed by atoms with van der Waals surface area (Å²) < 4.78 is 11.0. The zero-order valence-electron chi connectivity index (χ0n) is 11.0. The van der Waals surface area contributed by atoms with Crippen LogP contribution in [0.15, 0.2) is 0 Å². The average molecular weight is 256 g/mol. The van der Waals surface area contributed by atoms with Gasteiger partial charge in [-0.2, -0.15) is 0 Å². The summed E-state index contributed by atoms with van der Waals surface area (Å²) in [5, 5.41) is 6.12. The van der Waals surface area contributed by atoms with Gasteiger partial charge in [0.15, 0.2) is 0 Å². The highest BCUT2D eigenvalue weighted by atomic mass is 16.5. The maximum absolute atomic E-state index is 11.6. The summed E-state index contributed by atoms with van der Waals surface area (Å²) in [6, 6.07) is 0. The molecule has 5 heteroatoms. The Bertz CT molecular complexity index is 251. The molecule has 0 spiro atoms. The predicted molar refractivity (Wildman–Crippen MR) is 68.4 cm³/mol. The molecule has 1 amide bonds. The first kappa shape index (κ1) is 13.8. The summed E-state index contributed by atoms with van der Waals surface area (Å²) in [7, 11) is 0. The van der Waals surface area contributed by atoms with Crippen LogP contribution >= 0.6 is 0 Å². The second kappa shape index (κ2) is 7.71. The van der Waals surface area contributed by atoms with Crippen molar-refractivity contribution in [2.45, 2.75) is 31.8 Å². The largest absolute Gasteiger partial charge is 0.381 e. The SMILES string of the molecule is O=C(CC1CNCCO1)NCCCOCC1CC1. The Labute approximate surface area is 109 Å². The molecule has 1 aliphatic heterocycles. The first-order valence-electron chi connectivity index (χ1n) is 7.01. The molecular formula is C13H24N2O3. The number of hydrogen-bond acceptors (Lipinski definition) is 4. The van der Waals surface area contributed by atoms with Crippen LogP contribution < -0.4 is 10.6 Å². The van der Waals surface area contributed by atoms with Gasteiger partial charge in [0.25, 0.3) is 0 Å². The Kier molecular flexibility index (Phi) is 5.90. The standard InChI is InChI=1S/C13H24N2O3/c16-13(8-12-9-14-5-7-18-12)15-4-1-6-17-10-11-2-3-11/h11-12,14H,1-10H2,(H,15,16). The lowest BCUT2D eigenvalue weighted by Gasteiger charge is -2.23. The van der Waals surface area contributed by atoms with Gasteiger partial charge in [0, 0.05) is 32.8 Å². The Morgan fingerprint density at radius 2 is 2.33 bits per heavy atom. The molecule has 2 fully saturated rings. The number of morpholine rings is 1. The molecule has 104 valence electrons. The molecule has 0 bridgehead atoms. The fourth-order valence-corrected chi connectivity index (χ4v) is 1.97. The van der Waals surface area contributed by atoms with Crippen LogP contribution in [0.3, 0.4) is 0 Å². The number of amides is 1. The fraction of sp³-hybridized carbons (Fsp3) is 0.923. The Balaban J connectivity index is 1.41. The van der Waals surface area contributed by atoms with Gasteiger partial charge in [0.2, 0.25) is 5.91 Å². The van der Waals surface area contributed by atoms with Gasteiger partial charge in [0.1, 0.15) is 0 Å². The number of carbonyl (C=O) groups is 1. The van der Waals surface area contributed by atoms with Crippen LogP contribution in [0.1, 0.15) is 25.7 Å². The second-order valence-electron chi connectivity index (χ2n) is 5.12. The molecule has 1 saturated carbocycles. The van der Waals surface area contributed by atoms with Gasteiger partial charge in [-0.05, 0) is 25.2 Å². The minimum Gasteiger partial charge on any atom is -0.381 e. The van der Waals surface area contributed by atoms with E-state index in [0.717, 1.165) is 38.6 Å². The van der Waals surface area contributed by atoms with E-state index in [1.807, 2.05) is 0 Å². The zero-order chi connectivity index (χ0) is 12.6. The summed E-state index contributed by atoms with van der Waals surface area (Å²) >= 11 is 0. The quantitative estimate of drug-likeness (QED) is 0.613. The van der Waals surface area contributed by atoms with Crippen LogP contribution in [0.5, 0.6) is 0 Å². The van der Waals surface area contributed by atoms with Gasteiger partial charge in [-0.1, -0.05) is 0 Å². The monoisotopic (exact) mass is 256 g/mol. The van der Waals surface area contributed by atoms with Crippen LogP contribution in [0.25, 0.3) is 0 Å². The first-order chi connectivity index (χ1) is 8.84. The van der Waals surface area contributed by atoms with E-state index in [1.165, 1.54) is 12.8 Å². The van der Waals surface area contributed by atoms with E-state index in [1.54, 1.807) is 0 Å². The van der Waals surface area contributed by atoms with E-state index in [0.29, 0.717) is 19.6 Å². The van der Waals surface area contributed by atoms with E-state index in [4.69, 9.17) is 9.47 Å². The van der Waals surface area contributed by atoms with Crippen LogP contribution in [0.4, 0.5) is 0 Å². The smallest absolute Gasteiger partial charge is 0.222 e. The lowest BCUT2D eigenvalue weighted by Crippen LogP contribution is -2.41. The Hall–Kier alpha value is -0.650. The van der Waals surface area contributed by atoms with Crippen molar-refractivity contribution in [2.24, 2.45) is 5.92 Å². The zero-order valence-corrected chi connectivity index (χ0v) is 11.0. The molecule has 1 heterocycles. The molecule has 18 heavy (non-hydrogen) atoms. The van der Waals surface area contributed by atoms with E-state index < -0.39 is 0 Å². The van der Waals surface area contributed by atoms with Gasteiger partial charge < -0.3 is 20.1 Å². The average Bonchev–Trinajstić information content (AvgIpc) is 3.19. The van der Waals surface area contributed by atoms with Gasteiger partial charge >= 0.3 is 0 Å². The highest BCUT2D eigenvalue weighted by Gasteiger charge is 2.21. The molecule has 0 aromatic carbocycles. The molecule has 1 unspecified atom stereocenters. The molecule has 2 rings (SSSR count). The van der Waals surface area contributed by atoms with Crippen molar-refractivity contribution in [3.8, 4) is 0 Å². The van der Waals surface area contributed by atoms with Crippen LogP contribution in [0, 0.1) is 5.92 Å². The van der Waals surface area contributed by atoms with Gasteiger partial charge in [-0.25, -0.2) is 0 Å². The van der Waals surface area contributed by atoms with E-state index >= 15 is 0 Å². The van der Waals surface area contributed by atoms with Crippen LogP contribution in [-0.4, -0.2) is 51.5 Å². The molecule has 0 aromatic rings. The summed E-state index contributed by atoms with van der Waals surface area (Å²) in [6.07, 6.45) is 4.03. The maximum atomic E-state index is 11.6. The highest BCUT2D eigenvalue weighted by molar-refractivity contribution is 5.76. The summed E-state index contributed by atoms with van der Waals surface area (Å²) in [5.74, 6) is 0.890. The van der Waals surface area contributed by atoms with E-state index in [-0.39, 0.29) is 12.0 Å². The third kappa shape index (κ3) is 5.80. The molecule has 1 saturated heterocycles. The van der Waals surface area contributed by atoms with Gasteiger partial charge in [-0.3, -0.25) is 4.79 Å². The number of ether oxygens (including phenoxy) is 2. The van der Waals surface area contributed by atoms with Gasteiger partial charge in [0.05, 0.1) is 19.1 Å². The molecule has 1 aliphatic carbocycles.